The number of nitrogens with zero attached hydrogens (tertiary/aromatic N) is 1. The van der Waals surface area contributed by atoms with Crippen LogP contribution in [-0.4, -0.2) is 41.8 Å². The Bertz CT molecular complexity index is 698. The van der Waals surface area contributed by atoms with Crippen molar-refractivity contribution in [3.63, 3.8) is 0 Å². The third-order valence-electron chi connectivity index (χ3n) is 6.04. The number of likely N-dealkylation sites (tertiary alicyclic amines) is 1. The number of amides is 3. The molecular formula is C26H44N4O3. The second-order valence-corrected chi connectivity index (χ2v) is 8.92. The predicted octanol–water partition coefficient (Wildman–Crippen LogP) is 4.13. The van der Waals surface area contributed by atoms with Gasteiger partial charge in [0, 0.05) is 24.2 Å². The van der Waals surface area contributed by atoms with Gasteiger partial charge in [-0.2, -0.15) is 0 Å². The van der Waals surface area contributed by atoms with E-state index in [1.54, 1.807) is 24.3 Å². The van der Waals surface area contributed by atoms with Gasteiger partial charge in [-0.3, -0.25) is 14.4 Å². The largest absolute Gasteiger partial charge is 0.368 e. The van der Waals surface area contributed by atoms with E-state index in [1.807, 2.05) is 4.90 Å². The van der Waals surface area contributed by atoms with E-state index in [9.17, 15) is 14.4 Å². The molecule has 1 aromatic rings. The van der Waals surface area contributed by atoms with Crippen molar-refractivity contribution in [1.29, 1.82) is 0 Å². The maximum atomic E-state index is 12.2. The van der Waals surface area contributed by atoms with Crippen LogP contribution >= 0.6 is 0 Å². The van der Waals surface area contributed by atoms with Crippen LogP contribution in [-0.2, 0) is 4.79 Å². The lowest BCUT2D eigenvalue weighted by Gasteiger charge is -2.20. The lowest BCUT2D eigenvalue weighted by Crippen LogP contribution is -2.36. The average Bonchev–Trinajstić information content (AvgIpc) is 3.10. The van der Waals surface area contributed by atoms with E-state index >= 15 is 0 Å². The fraction of sp³-hybridized carbons (Fsp3) is 0.654. The van der Waals surface area contributed by atoms with Gasteiger partial charge in [0.2, 0.25) is 11.8 Å². The molecule has 2 rings (SSSR count). The van der Waals surface area contributed by atoms with Crippen molar-refractivity contribution in [1.82, 2.24) is 4.90 Å². The molecule has 1 unspecified atom stereocenters. The molecule has 0 saturated carbocycles. The Hall–Kier alpha value is -2.41. The Labute approximate surface area is 199 Å². The van der Waals surface area contributed by atoms with Crippen LogP contribution in [0.1, 0.15) is 111 Å². The predicted molar refractivity (Wildman–Crippen MR) is 134 cm³/mol. The molecule has 0 radical (unpaired) electrons. The number of carbonyl (C=O) groups excluding carboxylic acids is 3. The molecule has 1 aliphatic heterocycles. The van der Waals surface area contributed by atoms with Crippen LogP contribution in [0.5, 0.6) is 0 Å². The average molecular weight is 461 g/mol. The number of unbranched alkanes of at least 4 members (excludes halogenated alkanes) is 7. The van der Waals surface area contributed by atoms with Gasteiger partial charge in [-0.1, -0.05) is 71.1 Å². The van der Waals surface area contributed by atoms with E-state index < -0.39 is 11.9 Å². The number of primary amides is 2. The number of carbonyl (C=O) groups is 3. The van der Waals surface area contributed by atoms with Gasteiger partial charge >= 0.3 is 0 Å². The Morgan fingerprint density at radius 2 is 1.27 bits per heavy atom. The Morgan fingerprint density at radius 3 is 1.76 bits per heavy atom. The lowest BCUT2D eigenvalue weighted by molar-refractivity contribution is -0.119. The fourth-order valence-electron chi connectivity index (χ4n) is 3.87. The number of hydrogen-bond donors (Lipinski definition) is 3. The summed E-state index contributed by atoms with van der Waals surface area (Å²) in [6.45, 7) is 3.89. The molecule has 186 valence electrons. The zero-order valence-corrected chi connectivity index (χ0v) is 20.4. The van der Waals surface area contributed by atoms with Gasteiger partial charge in [-0.15, -0.1) is 0 Å². The molecular weight excluding hydrogens is 416 g/mol. The minimum atomic E-state index is -0.469. The molecule has 3 amide bonds. The zero-order chi connectivity index (χ0) is 24.5. The van der Waals surface area contributed by atoms with Crippen molar-refractivity contribution in [2.45, 2.75) is 96.4 Å². The summed E-state index contributed by atoms with van der Waals surface area (Å²) in [5.41, 5.74) is 16.8. The molecule has 7 heteroatoms. The molecule has 1 atom stereocenters. The van der Waals surface area contributed by atoms with Crippen molar-refractivity contribution in [2.24, 2.45) is 17.2 Å². The molecule has 1 saturated heterocycles. The van der Waals surface area contributed by atoms with Gasteiger partial charge in [0.1, 0.15) is 0 Å². The fourth-order valence-corrected chi connectivity index (χ4v) is 3.87. The van der Waals surface area contributed by atoms with Gasteiger partial charge in [0.05, 0.1) is 6.04 Å². The molecule has 6 N–H and O–H groups in total. The van der Waals surface area contributed by atoms with Crippen LogP contribution in [0, 0.1) is 0 Å². The molecule has 0 spiro atoms. The number of hydrogen-bond acceptors (Lipinski definition) is 4. The highest BCUT2D eigenvalue weighted by molar-refractivity contribution is 5.97. The first-order valence-electron chi connectivity index (χ1n) is 12.6. The minimum Gasteiger partial charge on any atom is -0.368 e. The second kappa shape index (κ2) is 17.1. The van der Waals surface area contributed by atoms with E-state index in [4.69, 9.17) is 17.2 Å². The SMILES string of the molecule is CCCCCCCCCCC(N)C(N)=O.NC(=O)c1ccc(C(=O)N2CCCCCC2)cc1. The monoisotopic (exact) mass is 460 g/mol. The molecule has 7 nitrogen and oxygen atoms in total. The van der Waals surface area contributed by atoms with Crippen molar-refractivity contribution < 1.29 is 14.4 Å². The highest BCUT2D eigenvalue weighted by atomic mass is 16.2. The van der Waals surface area contributed by atoms with Crippen molar-refractivity contribution in [2.75, 3.05) is 13.1 Å². The summed E-state index contributed by atoms with van der Waals surface area (Å²) in [4.78, 5) is 35.7. The summed E-state index contributed by atoms with van der Waals surface area (Å²) in [5.74, 6) is -0.797. The van der Waals surface area contributed by atoms with Crippen molar-refractivity contribution in [3.8, 4) is 0 Å². The molecule has 1 heterocycles. The molecule has 0 aliphatic carbocycles. The summed E-state index contributed by atoms with van der Waals surface area (Å²) in [6, 6.07) is 6.12. The number of benzene rings is 1. The maximum absolute atomic E-state index is 12.2. The summed E-state index contributed by atoms with van der Waals surface area (Å²) in [6.07, 6.45) is 15.4. The molecule has 0 bridgehead atoms. The number of rotatable bonds is 12. The first-order chi connectivity index (χ1) is 15.9. The third-order valence-corrected chi connectivity index (χ3v) is 6.04. The van der Waals surface area contributed by atoms with Gasteiger partial charge < -0.3 is 22.1 Å². The van der Waals surface area contributed by atoms with Gasteiger partial charge in [-0.25, -0.2) is 0 Å². The van der Waals surface area contributed by atoms with Crippen molar-refractivity contribution >= 4 is 17.7 Å². The Morgan fingerprint density at radius 1 is 0.788 bits per heavy atom. The highest BCUT2D eigenvalue weighted by Crippen LogP contribution is 2.14. The molecule has 1 aliphatic rings. The molecule has 33 heavy (non-hydrogen) atoms. The van der Waals surface area contributed by atoms with Crippen LogP contribution < -0.4 is 17.2 Å². The van der Waals surface area contributed by atoms with Crippen molar-refractivity contribution in [3.05, 3.63) is 35.4 Å². The van der Waals surface area contributed by atoms with Crippen LogP contribution in [0.2, 0.25) is 0 Å². The number of nitrogens with two attached hydrogens (primary N) is 3. The molecule has 1 fully saturated rings. The standard InChI is InChI=1S/C14H18N2O2.C12H26N2O/c15-13(17)11-5-7-12(8-6-11)14(18)16-9-3-1-2-4-10-16;1-2-3-4-5-6-7-8-9-10-11(13)12(14)15/h5-8H,1-4,9-10H2,(H2,15,17);11H,2-10,13H2,1H3,(H2,14,15). The van der Waals surface area contributed by atoms with Crippen LogP contribution in [0.4, 0.5) is 0 Å². The van der Waals surface area contributed by atoms with Crippen LogP contribution in [0.3, 0.4) is 0 Å². The molecule has 1 aromatic carbocycles. The maximum Gasteiger partial charge on any atom is 0.253 e. The Kier molecular flexibility index (Phi) is 14.8. The molecule has 0 aromatic heterocycles. The summed E-state index contributed by atoms with van der Waals surface area (Å²) >= 11 is 0. The van der Waals surface area contributed by atoms with E-state index in [0.29, 0.717) is 11.1 Å². The van der Waals surface area contributed by atoms with Gasteiger partial charge in [0.15, 0.2) is 0 Å². The third kappa shape index (κ3) is 12.4. The van der Waals surface area contributed by atoms with E-state index in [-0.39, 0.29) is 11.8 Å². The summed E-state index contributed by atoms with van der Waals surface area (Å²) in [7, 11) is 0. The second-order valence-electron chi connectivity index (χ2n) is 8.92. The Balaban J connectivity index is 0.000000337. The summed E-state index contributed by atoms with van der Waals surface area (Å²) in [5, 5.41) is 0. The smallest absolute Gasteiger partial charge is 0.253 e. The first kappa shape index (κ1) is 28.6. The highest BCUT2D eigenvalue weighted by Gasteiger charge is 2.17. The minimum absolute atomic E-state index is 0.0490. The van der Waals surface area contributed by atoms with E-state index in [1.165, 1.54) is 57.8 Å². The lowest BCUT2D eigenvalue weighted by atomic mass is 10.0. The van der Waals surface area contributed by atoms with E-state index in [0.717, 1.165) is 38.8 Å². The van der Waals surface area contributed by atoms with Crippen LogP contribution in [0.25, 0.3) is 0 Å². The van der Waals surface area contributed by atoms with Crippen LogP contribution in [0.15, 0.2) is 24.3 Å². The van der Waals surface area contributed by atoms with Gasteiger partial charge in [-0.05, 0) is 43.5 Å². The van der Waals surface area contributed by atoms with Gasteiger partial charge in [0.25, 0.3) is 5.91 Å². The quantitative estimate of drug-likeness (QED) is 0.404. The zero-order valence-electron chi connectivity index (χ0n) is 20.4. The first-order valence-corrected chi connectivity index (χ1v) is 12.6. The normalized spacial score (nSPS) is 14.5. The topological polar surface area (TPSA) is 133 Å². The summed E-state index contributed by atoms with van der Waals surface area (Å²) < 4.78 is 0. The van der Waals surface area contributed by atoms with E-state index in [2.05, 4.69) is 6.92 Å².